The van der Waals surface area contributed by atoms with Crippen molar-refractivity contribution in [3.63, 3.8) is 0 Å². The fraction of sp³-hybridized carbons (Fsp3) is 0.0417. The number of methoxy groups -OCH3 is 1. The van der Waals surface area contributed by atoms with E-state index in [9.17, 15) is 14.9 Å². The Bertz CT molecular complexity index is 1230. The number of carbonyl (C=O) groups excluding carboxylic acids is 2. The highest BCUT2D eigenvalue weighted by Crippen LogP contribution is 2.26. The van der Waals surface area contributed by atoms with Crippen LogP contribution in [0.2, 0.25) is 10.0 Å². The lowest BCUT2D eigenvalue weighted by Crippen LogP contribution is -2.14. The summed E-state index contributed by atoms with van der Waals surface area (Å²) in [6.07, 6.45) is 1.41. The van der Waals surface area contributed by atoms with E-state index in [2.05, 4.69) is 10.6 Å². The highest BCUT2D eigenvalue weighted by atomic mass is 35.5. The molecule has 0 aliphatic carbocycles. The number of nitriles is 1. The van der Waals surface area contributed by atoms with Gasteiger partial charge in [0.2, 0.25) is 0 Å². The average molecular weight is 466 g/mol. The molecule has 2 amide bonds. The minimum absolute atomic E-state index is 0.139. The molecular weight excluding hydrogens is 449 g/mol. The molecule has 0 unspecified atom stereocenters. The predicted octanol–water partition coefficient (Wildman–Crippen LogP) is 5.80. The van der Waals surface area contributed by atoms with Gasteiger partial charge in [0, 0.05) is 16.3 Å². The molecule has 160 valence electrons. The third kappa shape index (κ3) is 5.88. The van der Waals surface area contributed by atoms with Crippen LogP contribution in [0, 0.1) is 11.3 Å². The van der Waals surface area contributed by atoms with E-state index in [0.29, 0.717) is 38.3 Å². The van der Waals surface area contributed by atoms with Gasteiger partial charge in [-0.3, -0.25) is 9.59 Å². The molecule has 0 bridgehead atoms. The van der Waals surface area contributed by atoms with Gasteiger partial charge in [-0.1, -0.05) is 35.3 Å². The van der Waals surface area contributed by atoms with Gasteiger partial charge in [-0.2, -0.15) is 5.26 Å². The van der Waals surface area contributed by atoms with E-state index in [1.54, 1.807) is 67.8 Å². The number of hydrogen-bond acceptors (Lipinski definition) is 4. The summed E-state index contributed by atoms with van der Waals surface area (Å²) in [5, 5.41) is 15.5. The Hall–Kier alpha value is -3.79. The number of benzene rings is 3. The number of ether oxygens (including phenoxy) is 1. The molecule has 0 saturated carbocycles. The smallest absolute Gasteiger partial charge is 0.266 e. The van der Waals surface area contributed by atoms with Gasteiger partial charge in [-0.15, -0.1) is 0 Å². The second-order valence-corrected chi connectivity index (χ2v) is 7.40. The number of nitrogens with one attached hydrogen (secondary N) is 2. The first-order valence-electron chi connectivity index (χ1n) is 9.33. The summed E-state index contributed by atoms with van der Waals surface area (Å²) in [6.45, 7) is 0. The summed E-state index contributed by atoms with van der Waals surface area (Å²) in [4.78, 5) is 25.0. The molecule has 8 heteroatoms. The maximum absolute atomic E-state index is 12.5. The number of anilines is 2. The van der Waals surface area contributed by atoms with Gasteiger partial charge >= 0.3 is 0 Å². The van der Waals surface area contributed by atoms with Gasteiger partial charge in [-0.25, -0.2) is 0 Å². The number of amides is 2. The molecule has 0 aliphatic heterocycles. The van der Waals surface area contributed by atoms with Crippen molar-refractivity contribution >= 4 is 52.5 Å². The van der Waals surface area contributed by atoms with E-state index in [-0.39, 0.29) is 11.5 Å². The summed E-state index contributed by atoms with van der Waals surface area (Å²) in [7, 11) is 1.55. The maximum Gasteiger partial charge on any atom is 0.266 e. The number of nitrogens with zero attached hydrogens (tertiary/aromatic N) is 1. The van der Waals surface area contributed by atoms with Gasteiger partial charge < -0.3 is 15.4 Å². The Kier molecular flexibility index (Phi) is 7.50. The van der Waals surface area contributed by atoms with Gasteiger partial charge in [0.25, 0.3) is 11.8 Å². The van der Waals surface area contributed by atoms with E-state index in [1.807, 2.05) is 6.07 Å². The second kappa shape index (κ2) is 10.5. The molecule has 0 atom stereocenters. The largest absolute Gasteiger partial charge is 0.497 e. The second-order valence-electron chi connectivity index (χ2n) is 6.56. The molecule has 3 rings (SSSR count). The SMILES string of the molecule is COc1ccc(C(=O)Nc2cccc(/C=C(\C#N)C(=O)Nc3cc(Cl)ccc3Cl)c2)cc1. The van der Waals surface area contributed by atoms with Crippen LogP contribution in [0.4, 0.5) is 11.4 Å². The molecule has 3 aromatic carbocycles. The molecule has 0 heterocycles. The fourth-order valence-corrected chi connectivity index (χ4v) is 3.09. The van der Waals surface area contributed by atoms with Crippen molar-refractivity contribution in [3.05, 3.63) is 93.5 Å². The van der Waals surface area contributed by atoms with Crippen molar-refractivity contribution in [2.45, 2.75) is 0 Å². The highest BCUT2D eigenvalue weighted by molar-refractivity contribution is 6.36. The van der Waals surface area contributed by atoms with Gasteiger partial charge in [0.1, 0.15) is 17.4 Å². The Morgan fingerprint density at radius 1 is 1.00 bits per heavy atom. The van der Waals surface area contributed by atoms with Crippen molar-refractivity contribution in [3.8, 4) is 11.8 Å². The quantitative estimate of drug-likeness (QED) is 0.355. The molecule has 3 aromatic rings. The number of carbonyl (C=O) groups is 2. The van der Waals surface area contributed by atoms with Crippen LogP contribution < -0.4 is 15.4 Å². The van der Waals surface area contributed by atoms with E-state index in [0.717, 1.165) is 0 Å². The summed E-state index contributed by atoms with van der Waals surface area (Å²) < 4.78 is 5.09. The van der Waals surface area contributed by atoms with Gasteiger partial charge in [-0.05, 0) is 66.2 Å². The van der Waals surface area contributed by atoms with Gasteiger partial charge in [0.15, 0.2) is 0 Å². The van der Waals surface area contributed by atoms with Crippen LogP contribution >= 0.6 is 23.2 Å². The molecule has 0 fully saturated rings. The lowest BCUT2D eigenvalue weighted by molar-refractivity contribution is -0.112. The predicted molar refractivity (Wildman–Crippen MR) is 126 cm³/mol. The third-order valence-electron chi connectivity index (χ3n) is 4.35. The Morgan fingerprint density at radius 2 is 1.75 bits per heavy atom. The van der Waals surface area contributed by atoms with Gasteiger partial charge in [0.05, 0.1) is 17.8 Å². The molecule has 32 heavy (non-hydrogen) atoms. The first-order valence-corrected chi connectivity index (χ1v) is 10.1. The van der Waals surface area contributed by atoms with E-state index in [1.165, 1.54) is 12.1 Å². The molecular formula is C24H17Cl2N3O3. The minimum Gasteiger partial charge on any atom is -0.497 e. The van der Waals surface area contributed by atoms with E-state index >= 15 is 0 Å². The van der Waals surface area contributed by atoms with E-state index < -0.39 is 5.91 Å². The zero-order chi connectivity index (χ0) is 23.1. The summed E-state index contributed by atoms with van der Waals surface area (Å²) >= 11 is 12.0. The highest BCUT2D eigenvalue weighted by Gasteiger charge is 2.12. The number of rotatable bonds is 6. The molecule has 0 saturated heterocycles. The van der Waals surface area contributed by atoms with Crippen molar-refractivity contribution in [2.24, 2.45) is 0 Å². The van der Waals surface area contributed by atoms with Crippen molar-refractivity contribution in [1.29, 1.82) is 5.26 Å². The molecule has 0 aromatic heterocycles. The summed E-state index contributed by atoms with van der Waals surface area (Å²) in [5.41, 5.74) is 1.68. The topological polar surface area (TPSA) is 91.2 Å². The normalized spacial score (nSPS) is 10.8. The standard InChI is InChI=1S/C24H17Cl2N3O3/c1-32-20-8-5-16(6-9-20)23(30)28-19-4-2-3-15(12-19)11-17(14-27)24(31)29-22-13-18(25)7-10-21(22)26/h2-13H,1H3,(H,28,30)(H,29,31)/b17-11+. The third-order valence-corrected chi connectivity index (χ3v) is 4.91. The van der Waals surface area contributed by atoms with Crippen molar-refractivity contribution < 1.29 is 14.3 Å². The number of hydrogen-bond donors (Lipinski definition) is 2. The molecule has 2 N–H and O–H groups in total. The van der Waals surface area contributed by atoms with Crippen molar-refractivity contribution in [2.75, 3.05) is 17.7 Å². The average Bonchev–Trinajstić information content (AvgIpc) is 2.80. The molecule has 0 spiro atoms. The van der Waals surface area contributed by atoms with Crippen LogP contribution in [-0.2, 0) is 4.79 Å². The first-order chi connectivity index (χ1) is 15.4. The van der Waals surface area contributed by atoms with Crippen LogP contribution in [-0.4, -0.2) is 18.9 Å². The Balaban J connectivity index is 1.76. The Labute approximate surface area is 195 Å². The zero-order valence-electron chi connectivity index (χ0n) is 16.9. The fourth-order valence-electron chi connectivity index (χ4n) is 2.75. The zero-order valence-corrected chi connectivity index (χ0v) is 18.4. The number of halogens is 2. The van der Waals surface area contributed by atoms with Crippen molar-refractivity contribution in [1.82, 2.24) is 0 Å². The molecule has 6 nitrogen and oxygen atoms in total. The van der Waals surface area contributed by atoms with Crippen LogP contribution in [0.1, 0.15) is 15.9 Å². The monoisotopic (exact) mass is 465 g/mol. The summed E-state index contributed by atoms with van der Waals surface area (Å²) in [5.74, 6) is -0.290. The molecule has 0 aliphatic rings. The van der Waals surface area contributed by atoms with Crippen LogP contribution in [0.3, 0.4) is 0 Å². The maximum atomic E-state index is 12.5. The van der Waals surface area contributed by atoms with Crippen LogP contribution in [0.5, 0.6) is 5.75 Å². The minimum atomic E-state index is -0.635. The summed E-state index contributed by atoms with van der Waals surface area (Å²) in [6, 6.07) is 20.0. The van der Waals surface area contributed by atoms with E-state index in [4.69, 9.17) is 27.9 Å². The Morgan fingerprint density at radius 3 is 2.44 bits per heavy atom. The lowest BCUT2D eigenvalue weighted by atomic mass is 10.1. The first kappa shape index (κ1) is 22.9. The molecule has 0 radical (unpaired) electrons. The lowest BCUT2D eigenvalue weighted by Gasteiger charge is -2.08. The van der Waals surface area contributed by atoms with Crippen LogP contribution in [0.25, 0.3) is 6.08 Å². The van der Waals surface area contributed by atoms with Crippen LogP contribution in [0.15, 0.2) is 72.3 Å².